The molecule has 3 N–H and O–H groups in total. The number of rotatable bonds is 9. The van der Waals surface area contributed by atoms with Crippen LogP contribution in [-0.4, -0.2) is 27.1 Å². The summed E-state index contributed by atoms with van der Waals surface area (Å²) in [6.45, 7) is 8.91. The van der Waals surface area contributed by atoms with Gasteiger partial charge in [-0.25, -0.2) is 8.78 Å². The number of hydrogen-bond acceptors (Lipinski definition) is 5. The van der Waals surface area contributed by atoms with Crippen molar-refractivity contribution in [1.82, 2.24) is 14.8 Å². The molecule has 0 spiro atoms. The average Bonchev–Trinajstić information content (AvgIpc) is 3.37. The zero-order valence-electron chi connectivity index (χ0n) is 21.4. The first-order valence-corrected chi connectivity index (χ1v) is 11.9. The number of pyridine rings is 1. The Bertz CT molecular complexity index is 1470. The molecule has 0 saturated heterocycles. The van der Waals surface area contributed by atoms with Crippen molar-refractivity contribution in [2.45, 2.75) is 39.7 Å². The summed E-state index contributed by atoms with van der Waals surface area (Å²) in [4.78, 5) is 25.7. The molecule has 2 amide bonds. The maximum Gasteiger partial charge on any atom is 0.248 e. The van der Waals surface area contributed by atoms with Crippen molar-refractivity contribution in [1.29, 1.82) is 0 Å². The quantitative estimate of drug-likeness (QED) is 0.212. The monoisotopic (exact) mass is 521 g/mol. The number of fused-ring (bicyclic) bond motifs is 1. The minimum absolute atomic E-state index is 0.0282. The normalized spacial score (nSPS) is 11.3. The van der Waals surface area contributed by atoms with E-state index in [1.807, 2.05) is 13.0 Å². The number of carbonyl (C=O) groups is 2. The van der Waals surface area contributed by atoms with Gasteiger partial charge < -0.3 is 15.8 Å². The Balaban J connectivity index is 0.000000260. The third-order valence-corrected chi connectivity index (χ3v) is 5.86. The molecule has 38 heavy (non-hydrogen) atoms. The van der Waals surface area contributed by atoms with Gasteiger partial charge in [0.15, 0.2) is 0 Å². The molecule has 2 heterocycles. The standard InChI is InChI=1S/C19H16F2N2O2.C9H13N3O/c1-3-12-14(20)9-17(10(2)18(12)21)25-16-6-7-23-15-5-4-11(19(22)24)8-13(15)16;1-3-4-8(2)12-6-9(5-11-12)10-7-13/h4-9H,3H2,1-2H3,(H2,22,24);3,5-8H,1,4H2,2H3,(H,10,13). The summed E-state index contributed by atoms with van der Waals surface area (Å²) in [5.74, 6) is -1.45. The molecular weight excluding hydrogens is 492 g/mol. The number of halogens is 2. The van der Waals surface area contributed by atoms with Gasteiger partial charge in [0.2, 0.25) is 12.3 Å². The minimum atomic E-state index is -0.656. The van der Waals surface area contributed by atoms with Gasteiger partial charge in [-0.1, -0.05) is 13.0 Å². The Morgan fingerprint density at radius 3 is 2.68 bits per heavy atom. The second-order valence-electron chi connectivity index (χ2n) is 8.48. The summed E-state index contributed by atoms with van der Waals surface area (Å²) < 4.78 is 35.9. The Morgan fingerprint density at radius 2 is 2.03 bits per heavy atom. The molecular formula is C28H29F2N5O3. The van der Waals surface area contributed by atoms with E-state index in [2.05, 4.69) is 22.0 Å². The van der Waals surface area contributed by atoms with Gasteiger partial charge in [-0.05, 0) is 51.0 Å². The molecule has 0 aliphatic heterocycles. The number of nitrogens with one attached hydrogen (secondary N) is 1. The molecule has 10 heteroatoms. The van der Waals surface area contributed by atoms with Crippen LogP contribution in [0.4, 0.5) is 14.5 Å². The predicted molar refractivity (Wildman–Crippen MR) is 142 cm³/mol. The van der Waals surface area contributed by atoms with Crippen molar-refractivity contribution < 1.29 is 23.1 Å². The zero-order valence-corrected chi connectivity index (χ0v) is 21.4. The van der Waals surface area contributed by atoms with Crippen molar-refractivity contribution in [3.63, 3.8) is 0 Å². The smallest absolute Gasteiger partial charge is 0.248 e. The van der Waals surface area contributed by atoms with Gasteiger partial charge >= 0.3 is 0 Å². The van der Waals surface area contributed by atoms with E-state index in [-0.39, 0.29) is 29.3 Å². The summed E-state index contributed by atoms with van der Waals surface area (Å²) in [5.41, 5.74) is 7.13. The lowest BCUT2D eigenvalue weighted by atomic mass is 10.1. The predicted octanol–water partition coefficient (Wildman–Crippen LogP) is 5.86. The van der Waals surface area contributed by atoms with Crippen LogP contribution in [0.3, 0.4) is 0 Å². The maximum absolute atomic E-state index is 14.3. The van der Waals surface area contributed by atoms with E-state index in [1.54, 1.807) is 48.3 Å². The Hall–Kier alpha value is -4.60. The molecule has 0 aliphatic rings. The number of nitrogens with zero attached hydrogens (tertiary/aromatic N) is 3. The molecule has 1 unspecified atom stereocenters. The summed E-state index contributed by atoms with van der Waals surface area (Å²) >= 11 is 0. The molecule has 1 atom stereocenters. The molecule has 0 aliphatic carbocycles. The van der Waals surface area contributed by atoms with Crippen LogP contribution < -0.4 is 15.8 Å². The number of amides is 2. The lowest BCUT2D eigenvalue weighted by Gasteiger charge is -2.14. The number of benzene rings is 2. The van der Waals surface area contributed by atoms with Crippen molar-refractivity contribution in [2.24, 2.45) is 5.73 Å². The van der Waals surface area contributed by atoms with Gasteiger partial charge in [0.05, 0.1) is 23.4 Å². The van der Waals surface area contributed by atoms with Crippen LogP contribution in [0.15, 0.2) is 61.6 Å². The van der Waals surface area contributed by atoms with Crippen LogP contribution in [-0.2, 0) is 11.2 Å². The van der Waals surface area contributed by atoms with Crippen molar-refractivity contribution in [3.05, 3.63) is 89.9 Å². The topological polar surface area (TPSA) is 112 Å². The number of ether oxygens (including phenoxy) is 1. The number of nitrogens with two attached hydrogens (primary N) is 1. The second kappa shape index (κ2) is 12.6. The Morgan fingerprint density at radius 1 is 1.26 bits per heavy atom. The molecule has 8 nitrogen and oxygen atoms in total. The van der Waals surface area contributed by atoms with E-state index < -0.39 is 17.5 Å². The van der Waals surface area contributed by atoms with E-state index in [9.17, 15) is 18.4 Å². The molecule has 0 saturated carbocycles. The molecule has 4 rings (SSSR count). The van der Waals surface area contributed by atoms with Crippen LogP contribution in [0, 0.1) is 18.6 Å². The number of primary amides is 1. The highest BCUT2D eigenvalue weighted by atomic mass is 19.1. The van der Waals surface area contributed by atoms with E-state index >= 15 is 0 Å². The lowest BCUT2D eigenvalue weighted by molar-refractivity contribution is -0.105. The first-order valence-electron chi connectivity index (χ1n) is 11.9. The van der Waals surface area contributed by atoms with E-state index in [0.717, 1.165) is 6.42 Å². The van der Waals surface area contributed by atoms with Gasteiger partial charge in [0, 0.05) is 40.5 Å². The van der Waals surface area contributed by atoms with Gasteiger partial charge in [-0.3, -0.25) is 19.3 Å². The fraction of sp³-hybridized carbons (Fsp3) is 0.214. The first-order chi connectivity index (χ1) is 18.2. The maximum atomic E-state index is 14.3. The van der Waals surface area contributed by atoms with Crippen molar-refractivity contribution in [2.75, 3.05) is 5.32 Å². The molecule has 2 aromatic carbocycles. The Kier molecular flexibility index (Phi) is 9.26. The average molecular weight is 522 g/mol. The number of aromatic nitrogens is 3. The third-order valence-electron chi connectivity index (χ3n) is 5.86. The highest BCUT2D eigenvalue weighted by Crippen LogP contribution is 2.34. The molecule has 0 radical (unpaired) electrons. The molecule has 0 fully saturated rings. The molecule has 198 valence electrons. The Labute approximate surface area is 219 Å². The van der Waals surface area contributed by atoms with Gasteiger partial charge in [-0.15, -0.1) is 6.58 Å². The van der Waals surface area contributed by atoms with Crippen LogP contribution in [0.25, 0.3) is 10.9 Å². The van der Waals surface area contributed by atoms with Gasteiger partial charge in [0.1, 0.15) is 23.1 Å². The number of anilines is 1. The van der Waals surface area contributed by atoms with Gasteiger partial charge in [-0.2, -0.15) is 5.10 Å². The zero-order chi connectivity index (χ0) is 27.8. The lowest BCUT2D eigenvalue weighted by Crippen LogP contribution is -2.10. The van der Waals surface area contributed by atoms with Crippen LogP contribution in [0.1, 0.15) is 47.8 Å². The summed E-state index contributed by atoms with van der Waals surface area (Å²) in [5, 5.41) is 7.16. The fourth-order valence-corrected chi connectivity index (χ4v) is 3.73. The summed E-state index contributed by atoms with van der Waals surface area (Å²) in [7, 11) is 0. The third kappa shape index (κ3) is 6.39. The van der Waals surface area contributed by atoms with Crippen LogP contribution in [0.2, 0.25) is 0 Å². The van der Waals surface area contributed by atoms with E-state index in [0.29, 0.717) is 34.3 Å². The largest absolute Gasteiger partial charge is 0.456 e. The fourth-order valence-electron chi connectivity index (χ4n) is 3.73. The molecule has 4 aromatic rings. The van der Waals surface area contributed by atoms with Crippen LogP contribution in [0.5, 0.6) is 11.5 Å². The minimum Gasteiger partial charge on any atom is -0.456 e. The highest BCUT2D eigenvalue weighted by Gasteiger charge is 2.17. The SMILES string of the molecule is C=CCC(C)n1cc(NC=O)cn1.CCc1c(F)cc(Oc2ccnc3ccc(C(N)=O)cc23)c(C)c1F. The van der Waals surface area contributed by atoms with Crippen molar-refractivity contribution in [3.8, 4) is 11.5 Å². The van der Waals surface area contributed by atoms with Crippen molar-refractivity contribution >= 4 is 28.9 Å². The highest BCUT2D eigenvalue weighted by molar-refractivity contribution is 5.98. The van der Waals surface area contributed by atoms with Gasteiger partial charge in [0.25, 0.3) is 0 Å². The number of allylic oxidation sites excluding steroid dienone is 1. The molecule has 2 aromatic heterocycles. The number of carbonyl (C=O) groups excluding carboxylic acids is 2. The first kappa shape index (κ1) is 28.0. The number of hydrogen-bond donors (Lipinski definition) is 2. The van der Waals surface area contributed by atoms with Crippen LogP contribution >= 0.6 is 0 Å². The summed E-state index contributed by atoms with van der Waals surface area (Å²) in [6.07, 6.45) is 8.53. The van der Waals surface area contributed by atoms with E-state index in [4.69, 9.17) is 10.5 Å². The molecule has 0 bridgehead atoms. The van der Waals surface area contributed by atoms with E-state index in [1.165, 1.54) is 19.2 Å². The summed E-state index contributed by atoms with van der Waals surface area (Å²) in [6, 6.07) is 7.75. The second-order valence-corrected chi connectivity index (χ2v) is 8.48.